The average molecular weight is 259 g/mol. The summed E-state index contributed by atoms with van der Waals surface area (Å²) in [7, 11) is 1.51. The van der Waals surface area contributed by atoms with Crippen molar-refractivity contribution in [3.05, 3.63) is 36.0 Å². The molecule has 2 rings (SSSR count). The number of carbonyl (C=O) groups excluding carboxylic acids is 1. The molecule has 0 aliphatic heterocycles. The molecule has 5 nitrogen and oxygen atoms in total. The van der Waals surface area contributed by atoms with Gasteiger partial charge in [-0.3, -0.25) is 9.78 Å². The fourth-order valence-corrected chi connectivity index (χ4v) is 1.83. The van der Waals surface area contributed by atoms with Crippen molar-refractivity contribution in [2.24, 2.45) is 5.73 Å². The summed E-state index contributed by atoms with van der Waals surface area (Å²) in [6.07, 6.45) is 0. The minimum atomic E-state index is -0.690. The molecule has 0 bridgehead atoms. The quantitative estimate of drug-likeness (QED) is 0.871. The minimum absolute atomic E-state index is 0.184. The van der Waals surface area contributed by atoms with Crippen LogP contribution in [0.15, 0.2) is 30.3 Å². The number of para-hydroxylation sites is 1. The van der Waals surface area contributed by atoms with Gasteiger partial charge >= 0.3 is 0 Å². The van der Waals surface area contributed by atoms with Gasteiger partial charge in [-0.05, 0) is 19.1 Å². The van der Waals surface area contributed by atoms with Gasteiger partial charge in [0, 0.05) is 18.2 Å². The monoisotopic (exact) mass is 259 g/mol. The third-order valence-corrected chi connectivity index (χ3v) is 2.80. The predicted octanol–water partition coefficient (Wildman–Crippen LogP) is 1.46. The maximum absolute atomic E-state index is 11.9. The lowest BCUT2D eigenvalue weighted by Gasteiger charge is -2.12. The summed E-state index contributed by atoms with van der Waals surface area (Å²) in [4.78, 5) is 16.3. The number of ether oxygens (including phenoxy) is 1. The van der Waals surface area contributed by atoms with Crippen LogP contribution in [0.5, 0.6) is 0 Å². The van der Waals surface area contributed by atoms with Gasteiger partial charge in [0.15, 0.2) is 0 Å². The summed E-state index contributed by atoms with van der Waals surface area (Å²) < 4.78 is 4.87. The Morgan fingerprint density at radius 3 is 2.95 bits per heavy atom. The van der Waals surface area contributed by atoms with Gasteiger partial charge in [-0.15, -0.1) is 0 Å². The molecular formula is C14H17N3O2. The molecule has 19 heavy (non-hydrogen) atoms. The Hall–Kier alpha value is -1.98. The zero-order chi connectivity index (χ0) is 13.8. The second kappa shape index (κ2) is 5.77. The van der Waals surface area contributed by atoms with Gasteiger partial charge in [-0.1, -0.05) is 18.2 Å². The zero-order valence-corrected chi connectivity index (χ0v) is 11.0. The van der Waals surface area contributed by atoms with E-state index in [-0.39, 0.29) is 12.5 Å². The zero-order valence-electron chi connectivity index (χ0n) is 11.0. The molecule has 0 aliphatic carbocycles. The van der Waals surface area contributed by atoms with Crippen molar-refractivity contribution in [1.29, 1.82) is 0 Å². The van der Waals surface area contributed by atoms with Crippen molar-refractivity contribution >= 4 is 22.5 Å². The number of benzene rings is 1. The molecule has 2 aromatic rings. The van der Waals surface area contributed by atoms with Gasteiger partial charge in [0.1, 0.15) is 6.04 Å². The number of pyridine rings is 1. The van der Waals surface area contributed by atoms with Gasteiger partial charge in [0.25, 0.3) is 0 Å². The smallest absolute Gasteiger partial charge is 0.243 e. The van der Waals surface area contributed by atoms with Crippen LogP contribution in [0.25, 0.3) is 10.9 Å². The Morgan fingerprint density at radius 1 is 1.42 bits per heavy atom. The van der Waals surface area contributed by atoms with E-state index in [0.717, 1.165) is 16.6 Å². The number of amides is 1. The molecule has 0 radical (unpaired) electrons. The third-order valence-electron chi connectivity index (χ3n) is 2.80. The van der Waals surface area contributed by atoms with Crippen molar-refractivity contribution in [2.45, 2.75) is 13.0 Å². The van der Waals surface area contributed by atoms with Crippen LogP contribution in [-0.2, 0) is 9.53 Å². The number of aryl methyl sites for hydroxylation is 1. The lowest BCUT2D eigenvalue weighted by Crippen LogP contribution is -2.39. The summed E-state index contributed by atoms with van der Waals surface area (Å²) in [6.45, 7) is 2.09. The molecular weight excluding hydrogens is 242 g/mol. The third kappa shape index (κ3) is 3.07. The molecule has 0 fully saturated rings. The molecule has 1 amide bonds. The fourth-order valence-electron chi connectivity index (χ4n) is 1.83. The number of rotatable bonds is 4. The molecule has 0 saturated heterocycles. The predicted molar refractivity (Wildman–Crippen MR) is 75.0 cm³/mol. The summed E-state index contributed by atoms with van der Waals surface area (Å²) in [5, 5.41) is 3.77. The Kier molecular flexibility index (Phi) is 4.09. The lowest BCUT2D eigenvalue weighted by atomic mass is 10.1. The number of aromatic nitrogens is 1. The van der Waals surface area contributed by atoms with E-state index in [0.29, 0.717) is 5.69 Å². The first-order valence-electron chi connectivity index (χ1n) is 6.03. The summed E-state index contributed by atoms with van der Waals surface area (Å²) >= 11 is 0. The number of nitrogens with one attached hydrogen (secondary N) is 1. The first-order valence-corrected chi connectivity index (χ1v) is 6.03. The van der Waals surface area contributed by atoms with E-state index in [1.54, 1.807) is 0 Å². The van der Waals surface area contributed by atoms with Crippen LogP contribution in [0.1, 0.15) is 5.69 Å². The summed E-state index contributed by atoms with van der Waals surface area (Å²) in [5.41, 5.74) is 8.02. The Labute approximate surface area is 111 Å². The summed E-state index contributed by atoms with van der Waals surface area (Å²) in [5.74, 6) is -0.280. The van der Waals surface area contributed by atoms with Crippen LogP contribution in [0.4, 0.5) is 5.69 Å². The Morgan fingerprint density at radius 2 is 2.21 bits per heavy atom. The number of anilines is 1. The SMILES string of the molecule is COCC(N)C(=O)Nc1cccc2ccc(C)nc12. The minimum Gasteiger partial charge on any atom is -0.383 e. The van der Waals surface area contributed by atoms with E-state index in [9.17, 15) is 4.79 Å². The van der Waals surface area contributed by atoms with Gasteiger partial charge in [-0.25, -0.2) is 0 Å². The molecule has 100 valence electrons. The highest BCUT2D eigenvalue weighted by molar-refractivity contribution is 6.02. The molecule has 3 N–H and O–H groups in total. The number of carbonyl (C=O) groups is 1. The van der Waals surface area contributed by atoms with E-state index < -0.39 is 6.04 Å². The highest BCUT2D eigenvalue weighted by Crippen LogP contribution is 2.21. The van der Waals surface area contributed by atoms with Crippen molar-refractivity contribution in [2.75, 3.05) is 19.0 Å². The fraction of sp³-hybridized carbons (Fsp3) is 0.286. The van der Waals surface area contributed by atoms with E-state index in [1.807, 2.05) is 37.3 Å². The number of methoxy groups -OCH3 is 1. The molecule has 0 spiro atoms. The van der Waals surface area contributed by atoms with Crippen LogP contribution in [-0.4, -0.2) is 30.6 Å². The Balaban J connectivity index is 2.30. The van der Waals surface area contributed by atoms with Crippen LogP contribution in [0.3, 0.4) is 0 Å². The van der Waals surface area contributed by atoms with Gasteiger partial charge in [0.2, 0.25) is 5.91 Å². The van der Waals surface area contributed by atoms with Crippen molar-refractivity contribution in [3.8, 4) is 0 Å². The Bertz CT molecular complexity index is 598. The average Bonchev–Trinajstić information content (AvgIpc) is 2.39. The molecule has 1 aromatic carbocycles. The largest absolute Gasteiger partial charge is 0.383 e. The van der Waals surface area contributed by atoms with Crippen molar-refractivity contribution < 1.29 is 9.53 Å². The number of hydrogen-bond donors (Lipinski definition) is 2. The molecule has 0 aliphatic rings. The number of hydrogen-bond acceptors (Lipinski definition) is 4. The normalized spacial score (nSPS) is 12.4. The van der Waals surface area contributed by atoms with E-state index >= 15 is 0 Å². The van der Waals surface area contributed by atoms with Crippen LogP contribution in [0, 0.1) is 6.92 Å². The van der Waals surface area contributed by atoms with E-state index in [4.69, 9.17) is 10.5 Å². The van der Waals surface area contributed by atoms with E-state index in [1.165, 1.54) is 7.11 Å². The standard InChI is InChI=1S/C14H17N3O2/c1-9-6-7-10-4-3-5-12(13(10)16-9)17-14(18)11(15)8-19-2/h3-7,11H,8,15H2,1-2H3,(H,17,18). The first-order chi connectivity index (χ1) is 9.11. The highest BCUT2D eigenvalue weighted by atomic mass is 16.5. The summed E-state index contributed by atoms with van der Waals surface area (Å²) in [6, 6.07) is 8.85. The number of fused-ring (bicyclic) bond motifs is 1. The van der Waals surface area contributed by atoms with Crippen LogP contribution in [0.2, 0.25) is 0 Å². The maximum Gasteiger partial charge on any atom is 0.243 e. The van der Waals surface area contributed by atoms with Crippen molar-refractivity contribution in [1.82, 2.24) is 4.98 Å². The second-order valence-corrected chi connectivity index (χ2v) is 4.38. The number of nitrogens with two attached hydrogens (primary N) is 1. The maximum atomic E-state index is 11.9. The van der Waals surface area contributed by atoms with Gasteiger partial charge in [-0.2, -0.15) is 0 Å². The van der Waals surface area contributed by atoms with E-state index in [2.05, 4.69) is 10.3 Å². The second-order valence-electron chi connectivity index (χ2n) is 4.38. The van der Waals surface area contributed by atoms with Crippen LogP contribution < -0.4 is 11.1 Å². The molecule has 0 saturated carbocycles. The highest BCUT2D eigenvalue weighted by Gasteiger charge is 2.14. The molecule has 1 unspecified atom stereocenters. The molecule has 1 atom stereocenters. The number of nitrogens with zero attached hydrogens (tertiary/aromatic N) is 1. The van der Waals surface area contributed by atoms with Crippen molar-refractivity contribution in [3.63, 3.8) is 0 Å². The first kappa shape index (κ1) is 13.5. The van der Waals surface area contributed by atoms with Gasteiger partial charge < -0.3 is 15.8 Å². The molecule has 1 heterocycles. The lowest BCUT2D eigenvalue weighted by molar-refractivity contribution is -0.118. The van der Waals surface area contributed by atoms with Crippen LogP contribution >= 0.6 is 0 Å². The molecule has 1 aromatic heterocycles. The van der Waals surface area contributed by atoms with Gasteiger partial charge in [0.05, 0.1) is 17.8 Å². The molecule has 5 heteroatoms. The topological polar surface area (TPSA) is 77.2 Å².